The van der Waals surface area contributed by atoms with Crippen molar-refractivity contribution in [3.63, 3.8) is 0 Å². The first-order valence-corrected chi connectivity index (χ1v) is 15.1. The van der Waals surface area contributed by atoms with Crippen molar-refractivity contribution >= 4 is 29.4 Å². The number of fused-ring (bicyclic) bond motifs is 4. The Kier molecular flexibility index (Phi) is 9.87. The number of benzene rings is 2. The fourth-order valence-electron chi connectivity index (χ4n) is 5.89. The zero-order valence-corrected chi connectivity index (χ0v) is 24.9. The predicted octanol–water partition coefficient (Wildman–Crippen LogP) is 3.19. The quantitative estimate of drug-likeness (QED) is 0.499. The minimum absolute atomic E-state index is 0.00402. The van der Waals surface area contributed by atoms with Crippen LogP contribution in [0.2, 0.25) is 5.02 Å². The summed E-state index contributed by atoms with van der Waals surface area (Å²) in [5.41, 5.74) is 1.48. The molecule has 2 aromatic carbocycles. The van der Waals surface area contributed by atoms with Crippen LogP contribution in [0.3, 0.4) is 0 Å². The SMILES string of the molecule is CC(C)NC(=O)N[C@@H]1CC[C@H]2CCOc3ccccc3C(=O)N3CCN(Cc4cccc(Cl)c4)C[C@H]3C(=O)NC[C@H]1O2. The molecule has 3 aliphatic heterocycles. The third-order valence-corrected chi connectivity index (χ3v) is 8.20. The Bertz CT molecular complexity index is 1280. The number of carbonyl (C=O) groups excluding carboxylic acids is 3. The van der Waals surface area contributed by atoms with Crippen LogP contribution in [-0.4, -0.2) is 90.8 Å². The van der Waals surface area contributed by atoms with Gasteiger partial charge in [0.25, 0.3) is 5.91 Å². The molecule has 3 heterocycles. The van der Waals surface area contributed by atoms with Crippen LogP contribution >= 0.6 is 11.6 Å². The van der Waals surface area contributed by atoms with E-state index >= 15 is 0 Å². The number of hydrogen-bond acceptors (Lipinski definition) is 6. The van der Waals surface area contributed by atoms with E-state index < -0.39 is 12.1 Å². The summed E-state index contributed by atoms with van der Waals surface area (Å²) in [5, 5.41) is 9.62. The Morgan fingerprint density at radius 2 is 1.93 bits per heavy atom. The van der Waals surface area contributed by atoms with Crippen LogP contribution in [0.15, 0.2) is 48.5 Å². The summed E-state index contributed by atoms with van der Waals surface area (Å²) in [6.07, 6.45) is 1.58. The molecular formula is C31H40ClN5O5. The van der Waals surface area contributed by atoms with Crippen molar-refractivity contribution in [3.8, 4) is 5.75 Å². The highest BCUT2D eigenvalue weighted by molar-refractivity contribution is 6.30. The van der Waals surface area contributed by atoms with Crippen molar-refractivity contribution < 1.29 is 23.9 Å². The smallest absolute Gasteiger partial charge is 0.315 e. The lowest BCUT2D eigenvalue weighted by atomic mass is 9.96. The number of carbonyl (C=O) groups is 3. The second kappa shape index (κ2) is 13.8. The fraction of sp³-hybridized carbons (Fsp3) is 0.516. The van der Waals surface area contributed by atoms with E-state index in [1.165, 1.54) is 0 Å². The van der Waals surface area contributed by atoms with Gasteiger partial charge in [-0.2, -0.15) is 0 Å². The maximum Gasteiger partial charge on any atom is 0.315 e. The molecule has 2 bridgehead atoms. The predicted molar refractivity (Wildman–Crippen MR) is 160 cm³/mol. The van der Waals surface area contributed by atoms with Crippen molar-refractivity contribution in [2.75, 3.05) is 32.8 Å². The van der Waals surface area contributed by atoms with E-state index in [1.807, 2.05) is 50.2 Å². The summed E-state index contributed by atoms with van der Waals surface area (Å²) < 4.78 is 12.5. The average Bonchev–Trinajstić information content (AvgIpc) is 2.96. The van der Waals surface area contributed by atoms with Crippen molar-refractivity contribution in [3.05, 3.63) is 64.7 Å². The Balaban J connectivity index is 1.38. The molecule has 2 fully saturated rings. The Labute approximate surface area is 252 Å². The second-order valence-corrected chi connectivity index (χ2v) is 11.9. The van der Waals surface area contributed by atoms with Gasteiger partial charge in [0.2, 0.25) is 5.91 Å². The maximum absolute atomic E-state index is 13.9. The van der Waals surface area contributed by atoms with Gasteiger partial charge < -0.3 is 30.3 Å². The van der Waals surface area contributed by atoms with Crippen LogP contribution in [0.4, 0.5) is 4.79 Å². The molecule has 4 atom stereocenters. The average molecular weight is 598 g/mol. The number of nitrogens with zero attached hydrogens (tertiary/aromatic N) is 2. The molecule has 2 saturated heterocycles. The molecule has 3 N–H and O–H groups in total. The van der Waals surface area contributed by atoms with Crippen LogP contribution in [0, 0.1) is 0 Å². The number of ether oxygens (including phenoxy) is 2. The van der Waals surface area contributed by atoms with Crippen LogP contribution in [-0.2, 0) is 16.1 Å². The van der Waals surface area contributed by atoms with Crippen LogP contribution < -0.4 is 20.7 Å². The first-order chi connectivity index (χ1) is 20.3. The first-order valence-electron chi connectivity index (χ1n) is 14.8. The van der Waals surface area contributed by atoms with Gasteiger partial charge in [0, 0.05) is 50.2 Å². The fourth-order valence-corrected chi connectivity index (χ4v) is 6.10. The number of para-hydroxylation sites is 1. The molecule has 0 radical (unpaired) electrons. The molecule has 0 aromatic heterocycles. The third kappa shape index (κ3) is 7.53. The van der Waals surface area contributed by atoms with E-state index in [1.54, 1.807) is 17.0 Å². The van der Waals surface area contributed by atoms with Crippen molar-refractivity contribution in [2.24, 2.45) is 0 Å². The van der Waals surface area contributed by atoms with Gasteiger partial charge in [-0.05, 0) is 56.5 Å². The first kappa shape index (κ1) is 30.1. The summed E-state index contributed by atoms with van der Waals surface area (Å²) in [6, 6.07) is 13.6. The molecule has 0 saturated carbocycles. The molecular weight excluding hydrogens is 558 g/mol. The van der Waals surface area contributed by atoms with E-state index in [0.29, 0.717) is 55.5 Å². The molecule has 0 aliphatic carbocycles. The van der Waals surface area contributed by atoms with E-state index in [2.05, 4.69) is 20.9 Å². The van der Waals surface area contributed by atoms with Gasteiger partial charge in [-0.25, -0.2) is 4.79 Å². The van der Waals surface area contributed by atoms with E-state index in [9.17, 15) is 14.4 Å². The number of amides is 4. The van der Waals surface area contributed by atoms with Crippen LogP contribution in [0.1, 0.15) is 49.0 Å². The third-order valence-electron chi connectivity index (χ3n) is 7.97. The summed E-state index contributed by atoms with van der Waals surface area (Å²) >= 11 is 6.21. The molecule has 2 aromatic rings. The lowest BCUT2D eigenvalue weighted by Crippen LogP contribution is -2.62. The normalized spacial score (nSPS) is 25.4. The number of hydrogen-bond donors (Lipinski definition) is 3. The Morgan fingerprint density at radius 1 is 1.10 bits per heavy atom. The monoisotopic (exact) mass is 597 g/mol. The number of rotatable bonds is 4. The van der Waals surface area contributed by atoms with Crippen molar-refractivity contribution in [1.82, 2.24) is 25.8 Å². The summed E-state index contributed by atoms with van der Waals surface area (Å²) in [4.78, 5) is 44.1. The highest BCUT2D eigenvalue weighted by atomic mass is 35.5. The Morgan fingerprint density at radius 3 is 2.74 bits per heavy atom. The second-order valence-electron chi connectivity index (χ2n) is 11.5. The van der Waals surface area contributed by atoms with Gasteiger partial charge >= 0.3 is 6.03 Å². The van der Waals surface area contributed by atoms with Gasteiger partial charge in [0.15, 0.2) is 0 Å². The summed E-state index contributed by atoms with van der Waals surface area (Å²) in [7, 11) is 0. The summed E-state index contributed by atoms with van der Waals surface area (Å²) in [5.74, 6) is 0.00889. The van der Waals surface area contributed by atoms with Crippen LogP contribution in [0.5, 0.6) is 5.75 Å². The zero-order valence-electron chi connectivity index (χ0n) is 24.2. The lowest BCUT2D eigenvalue weighted by molar-refractivity contribution is -0.130. The van der Waals surface area contributed by atoms with Gasteiger partial charge in [-0.1, -0.05) is 35.9 Å². The minimum Gasteiger partial charge on any atom is -0.493 e. The molecule has 0 unspecified atom stereocenters. The van der Waals surface area contributed by atoms with E-state index in [-0.39, 0.29) is 42.6 Å². The van der Waals surface area contributed by atoms with Gasteiger partial charge in [-0.3, -0.25) is 14.5 Å². The number of nitrogens with one attached hydrogen (secondary N) is 3. The highest BCUT2D eigenvalue weighted by Gasteiger charge is 2.38. The lowest BCUT2D eigenvalue weighted by Gasteiger charge is -2.42. The number of piperazine rings is 1. The molecule has 4 amide bonds. The molecule has 0 spiro atoms. The zero-order chi connectivity index (χ0) is 29.6. The molecule has 10 nitrogen and oxygen atoms in total. The minimum atomic E-state index is -0.725. The standard InChI is InChI=1S/C31H40ClN5O5/c1-20(2)34-31(40)35-25-11-10-23-12-15-41-27-9-4-3-8-24(27)30(39)37-14-13-36(18-21-6-5-7-22(32)16-21)19-26(37)29(38)33-17-28(25)42-23/h3-9,16,20,23,25-26,28H,10-15,17-19H2,1-2H3,(H,33,38)(H2,34,35,40)/t23-,25+,26-,28+/m0/s1. The molecule has 226 valence electrons. The topological polar surface area (TPSA) is 112 Å². The molecule has 5 rings (SSSR count). The number of urea groups is 1. The number of halogens is 1. The van der Waals surface area contributed by atoms with E-state index in [4.69, 9.17) is 21.1 Å². The van der Waals surface area contributed by atoms with Gasteiger partial charge in [0.05, 0.1) is 30.4 Å². The van der Waals surface area contributed by atoms with Gasteiger partial charge in [-0.15, -0.1) is 0 Å². The van der Waals surface area contributed by atoms with E-state index in [0.717, 1.165) is 18.4 Å². The summed E-state index contributed by atoms with van der Waals surface area (Å²) in [6.45, 7) is 6.36. The van der Waals surface area contributed by atoms with Gasteiger partial charge in [0.1, 0.15) is 11.8 Å². The molecule has 11 heteroatoms. The largest absolute Gasteiger partial charge is 0.493 e. The molecule has 3 aliphatic rings. The van der Waals surface area contributed by atoms with Crippen molar-refractivity contribution in [2.45, 2.75) is 70.0 Å². The van der Waals surface area contributed by atoms with Crippen LogP contribution in [0.25, 0.3) is 0 Å². The highest BCUT2D eigenvalue weighted by Crippen LogP contribution is 2.27. The van der Waals surface area contributed by atoms with Crippen molar-refractivity contribution in [1.29, 1.82) is 0 Å². The molecule has 42 heavy (non-hydrogen) atoms. The Hall–Kier alpha value is -3.34. The maximum atomic E-state index is 13.9.